The number of rotatable bonds is 2. The van der Waals surface area contributed by atoms with Crippen molar-refractivity contribution < 1.29 is 19.0 Å². The van der Waals surface area contributed by atoms with Crippen molar-refractivity contribution in [2.24, 2.45) is 0 Å². The van der Waals surface area contributed by atoms with Crippen molar-refractivity contribution in [1.82, 2.24) is 0 Å². The zero-order valence-electron chi connectivity index (χ0n) is 8.08. The van der Waals surface area contributed by atoms with Crippen LogP contribution >= 0.6 is 0 Å². The van der Waals surface area contributed by atoms with Crippen LogP contribution in [0.25, 0.3) is 0 Å². The highest BCUT2D eigenvalue weighted by molar-refractivity contribution is 5.36. The Labute approximate surface area is 86.2 Å². The van der Waals surface area contributed by atoms with Crippen molar-refractivity contribution in [2.75, 3.05) is 0 Å². The smallest absolute Gasteiger partial charge is 0.162 e. The van der Waals surface area contributed by atoms with Crippen molar-refractivity contribution in [2.45, 2.75) is 31.5 Å². The molecule has 0 spiro atoms. The Balaban J connectivity index is 2.32. The highest BCUT2D eigenvalue weighted by Gasteiger charge is 2.27. The lowest BCUT2D eigenvalue weighted by Crippen LogP contribution is -2.09. The number of benzene rings is 1. The van der Waals surface area contributed by atoms with Crippen LogP contribution in [-0.4, -0.2) is 16.5 Å². The molecule has 1 aromatic carbocycles. The van der Waals surface area contributed by atoms with Gasteiger partial charge in [0, 0.05) is 6.42 Å². The maximum absolute atomic E-state index is 13.3. The number of aliphatic hydroxyl groups excluding tert-OH is 1. The van der Waals surface area contributed by atoms with Gasteiger partial charge in [-0.25, -0.2) is 8.78 Å². The normalized spacial score (nSPS) is 19.7. The quantitative estimate of drug-likeness (QED) is 0.735. The third-order valence-corrected chi connectivity index (χ3v) is 2.91. The van der Waals surface area contributed by atoms with Crippen LogP contribution in [0, 0.1) is 11.6 Å². The molecule has 82 valence electrons. The lowest BCUT2D eigenvalue weighted by Gasteiger charge is -2.12. The summed E-state index contributed by atoms with van der Waals surface area (Å²) in [6, 6.07) is 2.63. The molecular weight excluding hydrogens is 202 g/mol. The molecule has 0 heterocycles. The predicted molar refractivity (Wildman–Crippen MR) is 50.3 cm³/mol. The van der Waals surface area contributed by atoms with Gasteiger partial charge in [0.15, 0.2) is 17.9 Å². The van der Waals surface area contributed by atoms with Gasteiger partial charge in [-0.2, -0.15) is 0 Å². The Morgan fingerprint density at radius 3 is 2.73 bits per heavy atom. The van der Waals surface area contributed by atoms with Crippen LogP contribution < -0.4 is 0 Å². The van der Waals surface area contributed by atoms with E-state index < -0.39 is 17.9 Å². The maximum atomic E-state index is 13.3. The molecule has 0 radical (unpaired) electrons. The third kappa shape index (κ3) is 1.87. The van der Waals surface area contributed by atoms with Crippen LogP contribution in [0.4, 0.5) is 8.78 Å². The van der Waals surface area contributed by atoms with Crippen molar-refractivity contribution in [3.8, 4) is 0 Å². The average molecular weight is 214 g/mol. The monoisotopic (exact) mass is 214 g/mol. The van der Waals surface area contributed by atoms with E-state index in [0.717, 1.165) is 6.07 Å². The first-order valence-corrected chi connectivity index (χ1v) is 4.92. The number of hydrogen-bond acceptors (Lipinski definition) is 2. The molecule has 0 saturated carbocycles. The number of fused-ring (bicyclic) bond motifs is 1. The van der Waals surface area contributed by atoms with Gasteiger partial charge < -0.3 is 10.2 Å². The molecule has 2 nitrogen and oxygen atoms in total. The number of hydrogen-bond donors (Lipinski definition) is 2. The molecule has 0 fully saturated rings. The first kappa shape index (κ1) is 10.5. The minimum atomic E-state index is -1.39. The van der Waals surface area contributed by atoms with Gasteiger partial charge in [-0.3, -0.25) is 0 Å². The fraction of sp³-hybridized carbons (Fsp3) is 0.455. The molecule has 1 unspecified atom stereocenters. The van der Waals surface area contributed by atoms with E-state index in [2.05, 4.69) is 0 Å². The first-order chi connectivity index (χ1) is 7.09. The van der Waals surface area contributed by atoms with Crippen LogP contribution in [0.15, 0.2) is 12.1 Å². The minimum Gasteiger partial charge on any atom is -0.368 e. The lowest BCUT2D eigenvalue weighted by molar-refractivity contribution is -0.0497. The molecule has 2 N–H and O–H groups in total. The summed E-state index contributed by atoms with van der Waals surface area (Å²) < 4.78 is 26.2. The fourth-order valence-electron chi connectivity index (χ4n) is 2.22. The topological polar surface area (TPSA) is 40.5 Å². The van der Waals surface area contributed by atoms with E-state index in [1.807, 2.05) is 0 Å². The summed E-state index contributed by atoms with van der Waals surface area (Å²) >= 11 is 0. The van der Waals surface area contributed by atoms with E-state index in [9.17, 15) is 8.78 Å². The van der Waals surface area contributed by atoms with E-state index in [4.69, 9.17) is 10.2 Å². The lowest BCUT2D eigenvalue weighted by atomic mass is 9.97. The third-order valence-electron chi connectivity index (χ3n) is 2.91. The molecule has 0 amide bonds. The van der Waals surface area contributed by atoms with Gasteiger partial charge >= 0.3 is 0 Å². The zero-order chi connectivity index (χ0) is 11.0. The van der Waals surface area contributed by atoms with Crippen LogP contribution in [0.3, 0.4) is 0 Å². The van der Waals surface area contributed by atoms with E-state index in [1.165, 1.54) is 6.07 Å². The average Bonchev–Trinajstić information content (AvgIpc) is 2.55. The van der Waals surface area contributed by atoms with Crippen molar-refractivity contribution >= 4 is 0 Å². The van der Waals surface area contributed by atoms with Gasteiger partial charge in [0.05, 0.1) is 0 Å². The summed E-state index contributed by atoms with van der Waals surface area (Å²) in [5.74, 6) is -1.70. The Kier molecular flexibility index (Phi) is 2.71. The van der Waals surface area contributed by atoms with Gasteiger partial charge in [-0.1, -0.05) is 6.07 Å². The molecule has 2 rings (SSSR count). The maximum Gasteiger partial charge on any atom is 0.162 e. The minimum absolute atomic E-state index is 0.0740. The number of aliphatic hydroxyl groups is 2. The summed E-state index contributed by atoms with van der Waals surface area (Å²) in [4.78, 5) is 0. The summed E-state index contributed by atoms with van der Waals surface area (Å²) in [5, 5.41) is 17.7. The molecule has 1 atom stereocenters. The first-order valence-electron chi connectivity index (χ1n) is 4.92. The van der Waals surface area contributed by atoms with Gasteiger partial charge in [-0.05, 0) is 36.0 Å². The van der Waals surface area contributed by atoms with Gasteiger partial charge in [-0.15, -0.1) is 0 Å². The molecule has 0 aliphatic heterocycles. The highest BCUT2D eigenvalue weighted by Crippen LogP contribution is 2.37. The second kappa shape index (κ2) is 3.87. The van der Waals surface area contributed by atoms with Crippen molar-refractivity contribution in [3.63, 3.8) is 0 Å². The molecule has 15 heavy (non-hydrogen) atoms. The Morgan fingerprint density at radius 2 is 2.07 bits per heavy atom. The predicted octanol–water partition coefficient (Wildman–Crippen LogP) is 1.70. The molecular formula is C11H12F2O2. The van der Waals surface area contributed by atoms with Crippen LogP contribution in [0.5, 0.6) is 0 Å². The molecule has 1 aliphatic carbocycles. The van der Waals surface area contributed by atoms with Gasteiger partial charge in [0.1, 0.15) is 0 Å². The van der Waals surface area contributed by atoms with Gasteiger partial charge in [0.25, 0.3) is 0 Å². The van der Waals surface area contributed by atoms with Crippen LogP contribution in [-0.2, 0) is 6.42 Å². The standard InChI is InChI=1S/C11H12F2O2/c12-9-4-3-7-6(5-10(14)15)1-2-8(7)11(9)13/h3-4,6,10,14-15H,1-2,5H2. The molecule has 0 aromatic heterocycles. The summed E-state index contributed by atoms with van der Waals surface area (Å²) in [5.41, 5.74) is 1.10. The Bertz CT molecular complexity index is 377. The molecule has 4 heteroatoms. The Morgan fingerprint density at radius 1 is 1.33 bits per heavy atom. The second-order valence-electron chi connectivity index (χ2n) is 3.88. The van der Waals surface area contributed by atoms with Crippen molar-refractivity contribution in [1.29, 1.82) is 0 Å². The molecule has 1 aliphatic rings. The van der Waals surface area contributed by atoms with E-state index >= 15 is 0 Å². The summed E-state index contributed by atoms with van der Waals surface area (Å²) in [6.07, 6.45) is -0.101. The summed E-state index contributed by atoms with van der Waals surface area (Å²) in [7, 11) is 0. The fourth-order valence-corrected chi connectivity index (χ4v) is 2.22. The molecule has 1 aromatic rings. The zero-order valence-corrected chi connectivity index (χ0v) is 8.08. The van der Waals surface area contributed by atoms with E-state index in [0.29, 0.717) is 24.0 Å². The SMILES string of the molecule is OC(O)CC1CCc2c1ccc(F)c2F. The second-order valence-corrected chi connectivity index (χ2v) is 3.88. The molecule has 0 bridgehead atoms. The molecule has 0 saturated heterocycles. The largest absolute Gasteiger partial charge is 0.368 e. The van der Waals surface area contributed by atoms with E-state index in [1.54, 1.807) is 0 Å². The van der Waals surface area contributed by atoms with Crippen LogP contribution in [0.2, 0.25) is 0 Å². The number of halogens is 2. The van der Waals surface area contributed by atoms with Crippen molar-refractivity contribution in [3.05, 3.63) is 34.9 Å². The highest BCUT2D eigenvalue weighted by atomic mass is 19.2. The summed E-state index contributed by atoms with van der Waals surface area (Å²) in [6.45, 7) is 0. The van der Waals surface area contributed by atoms with Gasteiger partial charge in [0.2, 0.25) is 0 Å². The Hall–Kier alpha value is -1.00. The van der Waals surface area contributed by atoms with Crippen LogP contribution in [0.1, 0.15) is 29.9 Å². The van der Waals surface area contributed by atoms with E-state index in [-0.39, 0.29) is 12.3 Å².